The maximum atomic E-state index is 5.89. The summed E-state index contributed by atoms with van der Waals surface area (Å²) in [6.07, 6.45) is 5.61. The van der Waals surface area contributed by atoms with Crippen molar-refractivity contribution in [2.45, 2.75) is 6.92 Å². The van der Waals surface area contributed by atoms with Gasteiger partial charge < -0.3 is 0 Å². The van der Waals surface area contributed by atoms with E-state index in [9.17, 15) is 0 Å². The maximum absolute atomic E-state index is 5.89. The molecule has 5 nitrogen and oxygen atoms in total. The molecule has 6 heteroatoms. The molecule has 0 N–H and O–H groups in total. The van der Waals surface area contributed by atoms with Crippen molar-refractivity contribution in [2.24, 2.45) is 0 Å². The van der Waals surface area contributed by atoms with E-state index >= 15 is 0 Å². The summed E-state index contributed by atoms with van der Waals surface area (Å²) < 4.78 is 3.51. The van der Waals surface area contributed by atoms with Crippen molar-refractivity contribution in [3.8, 4) is 16.8 Å². The molecule has 108 valence electrons. The number of halogens is 1. The van der Waals surface area contributed by atoms with Gasteiger partial charge in [0.25, 0.3) is 0 Å². The first-order chi connectivity index (χ1) is 10.7. The van der Waals surface area contributed by atoms with Crippen molar-refractivity contribution >= 4 is 17.2 Å². The largest absolute Gasteiger partial charge is 0.243 e. The molecule has 0 fully saturated rings. The van der Waals surface area contributed by atoms with Crippen LogP contribution in [-0.4, -0.2) is 24.4 Å². The van der Waals surface area contributed by atoms with E-state index in [1.807, 2.05) is 47.5 Å². The Balaban J connectivity index is 1.81. The van der Waals surface area contributed by atoms with Gasteiger partial charge in [0.2, 0.25) is 5.28 Å². The lowest BCUT2D eigenvalue weighted by molar-refractivity contribution is 0.880. The van der Waals surface area contributed by atoms with Gasteiger partial charge in [-0.05, 0) is 42.8 Å². The zero-order chi connectivity index (χ0) is 15.1. The quantitative estimate of drug-likeness (QED) is 0.569. The zero-order valence-corrected chi connectivity index (χ0v) is 12.6. The van der Waals surface area contributed by atoms with Crippen LogP contribution in [-0.2, 0) is 0 Å². The minimum absolute atomic E-state index is 0.235. The van der Waals surface area contributed by atoms with Crippen molar-refractivity contribution in [1.82, 2.24) is 24.4 Å². The van der Waals surface area contributed by atoms with Crippen molar-refractivity contribution in [3.63, 3.8) is 0 Å². The predicted molar refractivity (Wildman–Crippen MR) is 85.3 cm³/mol. The highest BCUT2D eigenvalue weighted by molar-refractivity contribution is 6.28. The summed E-state index contributed by atoms with van der Waals surface area (Å²) >= 11 is 5.89. The van der Waals surface area contributed by atoms with Crippen LogP contribution in [0, 0.1) is 6.92 Å². The molecule has 0 saturated carbocycles. The number of aromatic nitrogens is 5. The van der Waals surface area contributed by atoms with E-state index in [4.69, 9.17) is 11.6 Å². The number of pyridine rings is 1. The first-order valence-electron chi connectivity index (χ1n) is 6.84. The van der Waals surface area contributed by atoms with Crippen molar-refractivity contribution < 1.29 is 0 Å². The van der Waals surface area contributed by atoms with Gasteiger partial charge in [-0.1, -0.05) is 17.7 Å². The van der Waals surface area contributed by atoms with E-state index in [2.05, 4.69) is 34.2 Å². The number of hydrogen-bond donors (Lipinski definition) is 0. The molecular formula is C16H12ClN5. The Bertz CT molecular complexity index is 952. The molecule has 22 heavy (non-hydrogen) atoms. The second kappa shape index (κ2) is 4.96. The third-order valence-corrected chi connectivity index (χ3v) is 3.69. The van der Waals surface area contributed by atoms with Crippen LogP contribution in [0.25, 0.3) is 22.5 Å². The molecule has 4 rings (SSSR count). The number of hydrogen-bond acceptors (Lipinski definition) is 3. The molecule has 3 aromatic heterocycles. The van der Waals surface area contributed by atoms with Gasteiger partial charge in [-0.2, -0.15) is 10.1 Å². The zero-order valence-electron chi connectivity index (χ0n) is 11.8. The third-order valence-electron chi connectivity index (χ3n) is 3.53. The highest BCUT2D eigenvalue weighted by atomic mass is 35.5. The van der Waals surface area contributed by atoms with Gasteiger partial charge in [0.05, 0.1) is 11.9 Å². The van der Waals surface area contributed by atoms with E-state index in [1.54, 1.807) is 4.52 Å². The van der Waals surface area contributed by atoms with E-state index in [1.165, 1.54) is 5.56 Å². The Kier molecular flexibility index (Phi) is 2.94. The maximum Gasteiger partial charge on any atom is 0.243 e. The van der Waals surface area contributed by atoms with Crippen LogP contribution in [0.1, 0.15) is 5.56 Å². The second-order valence-electron chi connectivity index (χ2n) is 5.08. The Morgan fingerprint density at radius 1 is 1.09 bits per heavy atom. The number of benzene rings is 1. The third kappa shape index (κ3) is 2.16. The van der Waals surface area contributed by atoms with Gasteiger partial charge in [0, 0.05) is 23.5 Å². The molecular weight excluding hydrogens is 298 g/mol. The number of rotatable bonds is 2. The van der Waals surface area contributed by atoms with Crippen LogP contribution in [0.3, 0.4) is 0 Å². The summed E-state index contributed by atoms with van der Waals surface area (Å²) in [6.45, 7) is 2.06. The fourth-order valence-corrected chi connectivity index (χ4v) is 2.57. The highest BCUT2D eigenvalue weighted by Crippen LogP contribution is 2.24. The van der Waals surface area contributed by atoms with Gasteiger partial charge in [0.1, 0.15) is 0 Å². The van der Waals surface area contributed by atoms with Crippen LogP contribution >= 0.6 is 11.6 Å². The van der Waals surface area contributed by atoms with Crippen LogP contribution in [0.15, 0.2) is 55.0 Å². The first-order valence-corrected chi connectivity index (χ1v) is 7.21. The summed E-state index contributed by atoms with van der Waals surface area (Å²) in [5.41, 5.74) is 4.87. The van der Waals surface area contributed by atoms with Crippen LogP contribution in [0.2, 0.25) is 5.28 Å². The van der Waals surface area contributed by atoms with E-state index in [0.29, 0.717) is 0 Å². The normalized spacial score (nSPS) is 11.2. The molecule has 0 atom stereocenters. The van der Waals surface area contributed by atoms with E-state index in [-0.39, 0.29) is 5.28 Å². The number of fused-ring (bicyclic) bond motifs is 1. The molecule has 0 aliphatic heterocycles. The molecule has 3 heterocycles. The molecule has 0 aliphatic carbocycles. The van der Waals surface area contributed by atoms with Gasteiger partial charge >= 0.3 is 0 Å². The topological polar surface area (TPSA) is 48.0 Å². The molecule has 0 unspecified atom stereocenters. The van der Waals surface area contributed by atoms with Crippen molar-refractivity contribution in [1.29, 1.82) is 0 Å². The van der Waals surface area contributed by atoms with Gasteiger partial charge in [-0.3, -0.25) is 0 Å². The average Bonchev–Trinajstić information content (AvgIpc) is 3.13. The lowest BCUT2D eigenvalue weighted by Gasteiger charge is -2.01. The molecule has 1 aromatic carbocycles. The Labute approximate surface area is 131 Å². The standard InChI is InChI=1S/C16H12ClN5/c1-11-4-6-13(7-5-11)22-10-12(9-18-22)14-3-2-8-21-15(14)19-16(17)20-21/h2-10H,1H3. The molecule has 0 bridgehead atoms. The van der Waals surface area contributed by atoms with Crippen LogP contribution in [0.4, 0.5) is 0 Å². The predicted octanol–water partition coefficient (Wildman–Crippen LogP) is 3.54. The molecule has 0 amide bonds. The molecule has 4 aromatic rings. The summed E-state index contributed by atoms with van der Waals surface area (Å²) in [4.78, 5) is 4.26. The summed E-state index contributed by atoms with van der Waals surface area (Å²) in [6, 6.07) is 12.1. The van der Waals surface area contributed by atoms with Gasteiger partial charge in [0.15, 0.2) is 5.65 Å². The Morgan fingerprint density at radius 3 is 2.73 bits per heavy atom. The van der Waals surface area contributed by atoms with E-state index in [0.717, 1.165) is 22.5 Å². The fourth-order valence-electron chi connectivity index (χ4n) is 2.41. The smallest absolute Gasteiger partial charge is 0.240 e. The lowest BCUT2D eigenvalue weighted by Crippen LogP contribution is -1.93. The summed E-state index contributed by atoms with van der Waals surface area (Å²) in [5, 5.41) is 8.78. The van der Waals surface area contributed by atoms with Crippen LogP contribution < -0.4 is 0 Å². The number of nitrogens with zero attached hydrogens (tertiary/aromatic N) is 5. The fraction of sp³-hybridized carbons (Fsp3) is 0.0625. The minimum Gasteiger partial charge on any atom is -0.240 e. The minimum atomic E-state index is 0.235. The number of aryl methyl sites for hydroxylation is 1. The average molecular weight is 310 g/mol. The molecule has 0 spiro atoms. The molecule has 0 saturated heterocycles. The monoisotopic (exact) mass is 309 g/mol. The van der Waals surface area contributed by atoms with Gasteiger partial charge in [-0.25, -0.2) is 9.20 Å². The van der Waals surface area contributed by atoms with E-state index < -0.39 is 0 Å². The van der Waals surface area contributed by atoms with Crippen LogP contribution in [0.5, 0.6) is 0 Å². The molecule has 0 radical (unpaired) electrons. The van der Waals surface area contributed by atoms with Crippen molar-refractivity contribution in [2.75, 3.05) is 0 Å². The highest BCUT2D eigenvalue weighted by Gasteiger charge is 2.10. The summed E-state index contributed by atoms with van der Waals surface area (Å²) in [5.74, 6) is 0. The van der Waals surface area contributed by atoms with Crippen molar-refractivity contribution in [3.05, 3.63) is 65.8 Å². The Morgan fingerprint density at radius 2 is 1.91 bits per heavy atom. The lowest BCUT2D eigenvalue weighted by atomic mass is 10.1. The molecule has 0 aliphatic rings. The first kappa shape index (κ1) is 13.0. The second-order valence-corrected chi connectivity index (χ2v) is 5.42. The SMILES string of the molecule is Cc1ccc(-n2cc(-c3cccn4nc(Cl)nc34)cn2)cc1. The Hall–Kier alpha value is -2.66. The summed E-state index contributed by atoms with van der Waals surface area (Å²) in [7, 11) is 0. The van der Waals surface area contributed by atoms with Gasteiger partial charge in [-0.15, -0.1) is 5.10 Å².